The Labute approximate surface area is 193 Å². The lowest BCUT2D eigenvalue weighted by Gasteiger charge is -2.28. The Morgan fingerprint density at radius 2 is 1.79 bits per heavy atom. The van der Waals surface area contributed by atoms with Gasteiger partial charge in [-0.25, -0.2) is 9.59 Å². The number of imidazole rings is 1. The highest BCUT2D eigenvalue weighted by atomic mass is 19.4. The van der Waals surface area contributed by atoms with Crippen LogP contribution >= 0.6 is 0 Å². The number of halogens is 3. The maximum Gasteiger partial charge on any atom is 0.490 e. The molecule has 0 aliphatic carbocycles. The maximum atomic E-state index is 13.2. The number of carboxylic acid groups (broad SMARTS) is 1. The summed E-state index contributed by atoms with van der Waals surface area (Å²) in [5.74, 6) is -2.02. The third kappa shape index (κ3) is 6.26. The number of alkyl halides is 3. The molecule has 1 fully saturated rings. The second-order valence-corrected chi connectivity index (χ2v) is 7.81. The number of aromatic nitrogens is 4. The number of carboxylic acids is 1. The van der Waals surface area contributed by atoms with Crippen LogP contribution in [0.2, 0.25) is 0 Å². The average Bonchev–Trinajstić information content (AvgIpc) is 3.16. The highest BCUT2D eigenvalue weighted by molar-refractivity contribution is 5.75. The number of ether oxygens (including phenoxy) is 1. The number of hydrogen-bond donors (Lipinski definition) is 2. The molecule has 2 aromatic rings. The predicted octanol–water partition coefficient (Wildman–Crippen LogP) is 0.552. The Balaban J connectivity index is 0.000000509. The topological polar surface area (TPSA) is 124 Å². The normalized spacial score (nSPS) is 14.0. The lowest BCUT2D eigenvalue weighted by molar-refractivity contribution is -0.192. The van der Waals surface area contributed by atoms with Crippen molar-refractivity contribution in [1.82, 2.24) is 24.0 Å². The summed E-state index contributed by atoms with van der Waals surface area (Å²) >= 11 is 0. The van der Waals surface area contributed by atoms with Gasteiger partial charge in [-0.3, -0.25) is 13.9 Å². The second kappa shape index (κ2) is 11.3. The number of rotatable bonds is 6. The lowest BCUT2D eigenvalue weighted by atomic mass is 10.3. The molecule has 0 unspecified atom stereocenters. The summed E-state index contributed by atoms with van der Waals surface area (Å²) in [6, 6.07) is 0. The van der Waals surface area contributed by atoms with Crippen LogP contribution in [-0.2, 0) is 29.7 Å². The average molecular weight is 490 g/mol. The largest absolute Gasteiger partial charge is 0.490 e. The molecule has 0 bridgehead atoms. The smallest absolute Gasteiger partial charge is 0.475 e. The fraction of sp³-hybridized carbons (Fsp3) is 0.600. The molecule has 3 heterocycles. The third-order valence-electron chi connectivity index (χ3n) is 5.06. The summed E-state index contributed by atoms with van der Waals surface area (Å²) in [6.45, 7) is 8.45. The molecular weight excluding hydrogens is 461 g/mol. The number of piperazine rings is 1. The molecule has 0 atom stereocenters. The highest BCUT2D eigenvalue weighted by Crippen LogP contribution is 2.20. The van der Waals surface area contributed by atoms with Crippen LogP contribution in [0.5, 0.6) is 0 Å². The first kappa shape index (κ1) is 27.1. The van der Waals surface area contributed by atoms with Gasteiger partial charge in [-0.05, 0) is 13.8 Å². The fourth-order valence-electron chi connectivity index (χ4n) is 3.29. The summed E-state index contributed by atoms with van der Waals surface area (Å²) in [7, 11) is 3.21. The minimum atomic E-state index is -5.08. The summed E-state index contributed by atoms with van der Waals surface area (Å²) in [4.78, 5) is 41.6. The zero-order valence-electron chi connectivity index (χ0n) is 19.5. The first-order valence-corrected chi connectivity index (χ1v) is 10.5. The number of anilines is 1. The molecule has 0 amide bonds. The Bertz CT molecular complexity index is 1150. The zero-order chi connectivity index (χ0) is 25.6. The van der Waals surface area contributed by atoms with Gasteiger partial charge >= 0.3 is 17.8 Å². The van der Waals surface area contributed by atoms with Crippen molar-refractivity contribution >= 4 is 23.1 Å². The molecule has 2 aromatic heterocycles. The maximum absolute atomic E-state index is 13.2. The summed E-state index contributed by atoms with van der Waals surface area (Å²) in [5, 5.41) is 10.5. The zero-order valence-corrected chi connectivity index (χ0v) is 19.5. The molecular formula is C20H29F3N6O5. The van der Waals surface area contributed by atoms with Crippen molar-refractivity contribution < 1.29 is 27.8 Å². The van der Waals surface area contributed by atoms with Crippen LogP contribution in [0, 0.1) is 0 Å². The number of allylic oxidation sites excluding steroid dienone is 2. The number of aliphatic carboxylic acids is 1. The molecule has 0 aromatic carbocycles. The monoisotopic (exact) mass is 490 g/mol. The van der Waals surface area contributed by atoms with E-state index in [4.69, 9.17) is 19.6 Å². The Hall–Kier alpha value is -3.13. The van der Waals surface area contributed by atoms with Gasteiger partial charge in [0.05, 0.1) is 13.2 Å². The predicted molar refractivity (Wildman–Crippen MR) is 119 cm³/mol. The molecule has 1 aliphatic rings. The van der Waals surface area contributed by atoms with Gasteiger partial charge in [-0.2, -0.15) is 18.2 Å². The third-order valence-corrected chi connectivity index (χ3v) is 5.06. The minimum absolute atomic E-state index is 0.217. The Morgan fingerprint density at radius 1 is 1.21 bits per heavy atom. The summed E-state index contributed by atoms with van der Waals surface area (Å²) in [6.07, 6.45) is -3.02. The summed E-state index contributed by atoms with van der Waals surface area (Å²) in [5.41, 5.74) is 1.35. The molecule has 0 radical (unpaired) electrons. The SMILES string of the molecule is COCCn1c(=O)c2c(nc(N3CCNCC3)n2CC=C(C)C)n(C)c1=O.O=C(O)C(F)(F)F. The number of fused-ring (bicyclic) bond motifs is 1. The first-order chi connectivity index (χ1) is 15.9. The highest BCUT2D eigenvalue weighted by Gasteiger charge is 2.38. The molecule has 34 heavy (non-hydrogen) atoms. The van der Waals surface area contributed by atoms with Crippen molar-refractivity contribution in [1.29, 1.82) is 0 Å². The molecule has 14 heteroatoms. The number of methoxy groups -OCH3 is 1. The number of nitrogens with one attached hydrogen (secondary N) is 1. The van der Waals surface area contributed by atoms with Crippen LogP contribution in [0.1, 0.15) is 13.8 Å². The molecule has 190 valence electrons. The van der Waals surface area contributed by atoms with E-state index >= 15 is 0 Å². The van der Waals surface area contributed by atoms with Crippen molar-refractivity contribution in [3.8, 4) is 0 Å². The number of aryl methyl sites for hydroxylation is 1. The van der Waals surface area contributed by atoms with Gasteiger partial charge in [-0.1, -0.05) is 11.6 Å². The number of nitrogens with zero attached hydrogens (tertiary/aromatic N) is 5. The molecule has 11 nitrogen and oxygen atoms in total. The van der Waals surface area contributed by atoms with Gasteiger partial charge in [0.15, 0.2) is 11.2 Å². The van der Waals surface area contributed by atoms with E-state index in [1.54, 1.807) is 14.2 Å². The number of carbonyl (C=O) groups is 1. The van der Waals surface area contributed by atoms with Crippen molar-refractivity contribution in [2.24, 2.45) is 7.05 Å². The van der Waals surface area contributed by atoms with E-state index in [-0.39, 0.29) is 17.8 Å². The van der Waals surface area contributed by atoms with E-state index in [2.05, 4.69) is 16.3 Å². The molecule has 2 N–H and O–H groups in total. The van der Waals surface area contributed by atoms with Crippen LogP contribution in [0.25, 0.3) is 11.2 Å². The fourth-order valence-corrected chi connectivity index (χ4v) is 3.29. The van der Waals surface area contributed by atoms with Crippen molar-refractivity contribution in [3.05, 3.63) is 32.5 Å². The molecule has 0 saturated carbocycles. The lowest BCUT2D eigenvalue weighted by Crippen LogP contribution is -2.44. The standard InChI is InChI=1S/C18H28N6O3.C2HF3O2/c1-13(2)5-8-23-14-15(20-17(23)22-9-6-19-7-10-22)21(3)18(26)24(16(14)25)11-12-27-4;3-2(4,5)1(6)7/h5,19H,6-12H2,1-4H3;(H,6,7). The van der Waals surface area contributed by atoms with Gasteiger partial charge in [0.2, 0.25) is 5.95 Å². The van der Waals surface area contributed by atoms with Crippen molar-refractivity contribution in [2.75, 3.05) is 44.8 Å². The Kier molecular flexibility index (Phi) is 9.04. The quantitative estimate of drug-likeness (QED) is 0.563. The molecule has 3 rings (SSSR count). The second-order valence-electron chi connectivity index (χ2n) is 7.81. The first-order valence-electron chi connectivity index (χ1n) is 10.5. The van der Waals surface area contributed by atoms with Gasteiger partial charge < -0.3 is 24.6 Å². The molecule has 1 aliphatic heterocycles. The van der Waals surface area contributed by atoms with Crippen molar-refractivity contribution in [2.45, 2.75) is 33.1 Å². The van der Waals surface area contributed by atoms with Gasteiger partial charge in [0.25, 0.3) is 5.56 Å². The van der Waals surface area contributed by atoms with Crippen LogP contribution < -0.4 is 21.5 Å². The van der Waals surface area contributed by atoms with Crippen molar-refractivity contribution in [3.63, 3.8) is 0 Å². The summed E-state index contributed by atoms with van der Waals surface area (Å²) < 4.78 is 41.4. The van der Waals surface area contributed by atoms with Gasteiger partial charge in [0, 0.05) is 46.9 Å². The van der Waals surface area contributed by atoms with E-state index < -0.39 is 12.1 Å². The van der Waals surface area contributed by atoms with Gasteiger partial charge in [0.1, 0.15) is 0 Å². The van der Waals surface area contributed by atoms with Crippen LogP contribution in [0.3, 0.4) is 0 Å². The molecule has 1 saturated heterocycles. The minimum Gasteiger partial charge on any atom is -0.475 e. The van der Waals surface area contributed by atoms with E-state index in [1.165, 1.54) is 9.13 Å². The molecule has 0 spiro atoms. The Morgan fingerprint density at radius 3 is 2.29 bits per heavy atom. The van der Waals surface area contributed by atoms with E-state index in [9.17, 15) is 22.8 Å². The van der Waals surface area contributed by atoms with Crippen LogP contribution in [0.15, 0.2) is 21.2 Å². The van der Waals surface area contributed by atoms with Gasteiger partial charge in [-0.15, -0.1) is 0 Å². The van der Waals surface area contributed by atoms with Crippen LogP contribution in [-0.4, -0.2) is 75.8 Å². The van der Waals surface area contributed by atoms with E-state index in [0.717, 1.165) is 37.7 Å². The number of hydrogen-bond acceptors (Lipinski definition) is 7. The van der Waals surface area contributed by atoms with Crippen LogP contribution in [0.4, 0.5) is 19.1 Å². The van der Waals surface area contributed by atoms with E-state index in [1.807, 2.05) is 18.4 Å². The van der Waals surface area contributed by atoms with E-state index in [0.29, 0.717) is 24.3 Å².